The van der Waals surface area contributed by atoms with Crippen LogP contribution in [0, 0.1) is 47.3 Å². The number of hydrogen-bond acceptors (Lipinski definition) is 11. The van der Waals surface area contributed by atoms with E-state index in [-0.39, 0.29) is 44.5 Å². The Morgan fingerprint density at radius 1 is 0.915 bits per heavy atom. The Labute approximate surface area is 343 Å². The van der Waals surface area contributed by atoms with Crippen LogP contribution in [0.5, 0.6) is 17.2 Å². The molecule has 4 aliphatic heterocycles. The lowest BCUT2D eigenvalue weighted by Gasteiger charge is -2.60. The van der Waals surface area contributed by atoms with Gasteiger partial charge in [-0.2, -0.15) is 0 Å². The lowest BCUT2D eigenvalue weighted by molar-refractivity contribution is -0.336. The summed E-state index contributed by atoms with van der Waals surface area (Å²) >= 11 is 0. The molecule has 2 aromatic carbocycles. The van der Waals surface area contributed by atoms with Crippen molar-refractivity contribution >= 4 is 22.5 Å². The lowest BCUT2D eigenvalue weighted by Crippen LogP contribution is -2.71. The molecule has 12 nitrogen and oxygen atoms in total. The fourth-order valence-electron chi connectivity index (χ4n) is 15.0. The van der Waals surface area contributed by atoms with Gasteiger partial charge >= 0.3 is 5.97 Å². The van der Waals surface area contributed by atoms with E-state index in [2.05, 4.69) is 6.08 Å². The Hall–Kier alpha value is -3.52. The average Bonchev–Trinajstić information content (AvgIpc) is 3.90. The predicted octanol–water partition coefficient (Wildman–Crippen LogP) is 6.24. The summed E-state index contributed by atoms with van der Waals surface area (Å²) in [6.45, 7) is 4.17. The molecule has 9 aliphatic rings. The van der Waals surface area contributed by atoms with Crippen LogP contribution in [0.2, 0.25) is 0 Å². The van der Waals surface area contributed by atoms with E-state index in [1.807, 2.05) is 0 Å². The van der Waals surface area contributed by atoms with Crippen molar-refractivity contribution in [2.45, 2.75) is 140 Å². The van der Waals surface area contributed by atoms with Crippen LogP contribution in [0.1, 0.15) is 117 Å². The van der Waals surface area contributed by atoms with E-state index in [1.54, 1.807) is 0 Å². The maximum Gasteiger partial charge on any atom is 0.335 e. The third-order valence-corrected chi connectivity index (χ3v) is 17.2. The van der Waals surface area contributed by atoms with Crippen molar-refractivity contribution in [3.05, 3.63) is 51.6 Å². The first kappa shape index (κ1) is 38.4. The molecule has 2 bridgehead atoms. The highest BCUT2D eigenvalue weighted by molar-refractivity contribution is 6.11. The van der Waals surface area contributed by atoms with E-state index in [1.165, 1.54) is 88.0 Å². The molecule has 2 aromatic rings. The Bertz CT molecular complexity index is 2220. The fourth-order valence-corrected chi connectivity index (χ4v) is 15.0. The van der Waals surface area contributed by atoms with Crippen LogP contribution >= 0.6 is 0 Å². The van der Waals surface area contributed by atoms with E-state index in [0.717, 1.165) is 25.5 Å². The minimum atomic E-state index is -1.74. The molecule has 6 N–H and O–H groups in total. The second-order valence-corrected chi connectivity index (χ2v) is 20.2. The minimum absolute atomic E-state index is 0.0166. The van der Waals surface area contributed by atoms with E-state index < -0.39 is 65.7 Å². The highest BCUT2D eigenvalue weighted by Crippen LogP contribution is 2.70. The zero-order valence-corrected chi connectivity index (χ0v) is 33.8. The number of fused-ring (bicyclic) bond motifs is 5. The number of hydrogen-bond donors (Lipinski definition) is 6. The molecule has 0 amide bonds. The molecule has 4 heterocycles. The summed E-state index contributed by atoms with van der Waals surface area (Å²) in [5.74, 6) is -1.59. The zero-order valence-electron chi connectivity index (χ0n) is 33.8. The number of phenols is 2. The molecule has 7 fully saturated rings. The molecule has 0 aromatic heterocycles. The van der Waals surface area contributed by atoms with Gasteiger partial charge in [-0.15, -0.1) is 0 Å². The van der Waals surface area contributed by atoms with Crippen LogP contribution in [0.4, 0.5) is 0 Å². The fraction of sp³-hybridized carbons (Fsp3) is 0.660. The van der Waals surface area contributed by atoms with Gasteiger partial charge in [-0.05, 0) is 148 Å². The summed E-state index contributed by atoms with van der Waals surface area (Å²) in [5.41, 5.74) is 2.74. The van der Waals surface area contributed by atoms with Gasteiger partial charge in [-0.25, -0.2) is 4.79 Å². The van der Waals surface area contributed by atoms with Crippen LogP contribution < -0.4 is 4.74 Å². The molecular weight excluding hydrogens is 757 g/mol. The van der Waals surface area contributed by atoms with Gasteiger partial charge in [-0.1, -0.05) is 18.9 Å². The number of carboxylic acid groups (broad SMARTS) is 1. The largest absolute Gasteiger partial charge is 0.507 e. The topological polar surface area (TPSA) is 192 Å². The van der Waals surface area contributed by atoms with Gasteiger partial charge in [0, 0.05) is 23.5 Å². The van der Waals surface area contributed by atoms with Crippen LogP contribution in [0.25, 0.3) is 10.8 Å². The van der Waals surface area contributed by atoms with Gasteiger partial charge in [0.25, 0.3) is 0 Å². The first-order valence-corrected chi connectivity index (χ1v) is 22.1. The first-order valence-electron chi connectivity index (χ1n) is 22.1. The molecule has 0 unspecified atom stereocenters. The number of aliphatic hydroxyl groups excluding tert-OH is 3. The van der Waals surface area contributed by atoms with Crippen molar-refractivity contribution in [3.63, 3.8) is 0 Å². The summed E-state index contributed by atoms with van der Waals surface area (Å²) in [4.78, 5) is 25.0. The Morgan fingerprint density at radius 2 is 1.69 bits per heavy atom. The molecule has 5 aliphatic carbocycles. The van der Waals surface area contributed by atoms with Crippen molar-refractivity contribution in [2.24, 2.45) is 40.4 Å². The Morgan fingerprint density at radius 3 is 2.46 bits per heavy atom. The molecule has 12 heteroatoms. The van der Waals surface area contributed by atoms with Gasteiger partial charge in [0.1, 0.15) is 41.2 Å². The molecule has 59 heavy (non-hydrogen) atoms. The van der Waals surface area contributed by atoms with E-state index in [0.29, 0.717) is 55.0 Å². The standard InChI is InChI=1S/C47H56O12/c1-21-34(22(2)48)39(51)37-27(38(21)50)13-23(43(54)55)14-33(37)57-44-40(52)41(53)47-17-29-28-16-46(12-11-45(20-46)9-3-4-10-45)15-24-18-56-19-30(35(24)28)25-5-6-26(36(25)29)32(59-47)8-7-31(49)42(47)58-44/h5,13-14,24,28-32,35,40-42,44,49-53H,3-4,6-12,15-20H2,1-2H3,(H,54,55)/t24-,28+,29-,30-,31+,32-,35-,40-,41-,42-,44+,46+,47+/m1/s1. The number of aromatic carboxylic acids is 1. The maximum atomic E-state index is 12.7. The third kappa shape index (κ3) is 5.41. The number of ether oxygens (including phenoxy) is 4. The normalized spacial score (nSPS) is 41.6. The van der Waals surface area contributed by atoms with Gasteiger partial charge in [0.05, 0.1) is 35.3 Å². The lowest BCUT2D eigenvalue weighted by atomic mass is 9.47. The molecule has 3 saturated heterocycles. The van der Waals surface area contributed by atoms with Crippen LogP contribution in [0.15, 0.2) is 34.9 Å². The summed E-state index contributed by atoms with van der Waals surface area (Å²) in [5, 5.41) is 69.3. The third-order valence-electron chi connectivity index (χ3n) is 17.2. The summed E-state index contributed by atoms with van der Waals surface area (Å²) in [7, 11) is 0. The van der Waals surface area contributed by atoms with Crippen molar-refractivity contribution in [1.29, 1.82) is 0 Å². The Balaban J connectivity index is 0.988. The average molecular weight is 813 g/mol. The quantitative estimate of drug-likeness (QED) is 0.151. The number of carbonyl (C=O) groups is 2. The molecule has 4 saturated carbocycles. The number of carboxylic acids is 1. The number of aliphatic hydroxyl groups is 3. The summed E-state index contributed by atoms with van der Waals surface area (Å²) in [6, 6.07) is 2.30. The van der Waals surface area contributed by atoms with Crippen molar-refractivity contribution in [3.8, 4) is 17.2 Å². The highest BCUT2D eigenvalue weighted by Gasteiger charge is 2.67. The van der Waals surface area contributed by atoms with Crippen molar-refractivity contribution < 1.29 is 59.2 Å². The first-order chi connectivity index (χ1) is 28.2. The molecule has 0 radical (unpaired) electrons. The zero-order chi connectivity index (χ0) is 40.9. The minimum Gasteiger partial charge on any atom is -0.507 e. The number of carbonyl (C=O) groups excluding carboxylic acids is 1. The molecule has 3 spiro atoms. The summed E-state index contributed by atoms with van der Waals surface area (Å²) in [6.07, 6.45) is 8.12. The number of Topliss-reactive ketones (excluding diaryl/α,β-unsaturated/α-hetero) is 1. The monoisotopic (exact) mass is 812 g/mol. The van der Waals surface area contributed by atoms with E-state index in [4.69, 9.17) is 18.9 Å². The van der Waals surface area contributed by atoms with Gasteiger partial charge in [-0.3, -0.25) is 4.79 Å². The van der Waals surface area contributed by atoms with E-state index in [9.17, 15) is 40.2 Å². The second-order valence-electron chi connectivity index (χ2n) is 20.2. The smallest absolute Gasteiger partial charge is 0.335 e. The van der Waals surface area contributed by atoms with Crippen LogP contribution in [0.3, 0.4) is 0 Å². The number of aromatic hydroxyl groups is 2. The van der Waals surface area contributed by atoms with Crippen LogP contribution in [-0.2, 0) is 14.2 Å². The van der Waals surface area contributed by atoms with Gasteiger partial charge < -0.3 is 49.6 Å². The molecule has 316 valence electrons. The van der Waals surface area contributed by atoms with E-state index >= 15 is 0 Å². The van der Waals surface area contributed by atoms with Crippen molar-refractivity contribution in [1.82, 2.24) is 0 Å². The number of benzene rings is 2. The van der Waals surface area contributed by atoms with Gasteiger partial charge in [0.15, 0.2) is 5.78 Å². The van der Waals surface area contributed by atoms with Crippen molar-refractivity contribution in [2.75, 3.05) is 13.2 Å². The number of ketones is 1. The van der Waals surface area contributed by atoms with Gasteiger partial charge in [0.2, 0.25) is 6.29 Å². The molecular formula is C47H56O12. The SMILES string of the molecule is CC(=O)c1c(C)c(O)c2cc(C(=O)O)cc(O[C@H]3O[C@@H]4[C@@H](O)CC[C@H]5O[C@@]4(C[C@H]4C6=C5CC=C6[C@H]5COC[C@H]6C[C@@]7(CCC8(CCCC8)C7)C[C@@H]4[C@@H]65)[C@H](O)[C@H]3O)c2c1O. The Kier molecular flexibility index (Phi) is 8.62. The predicted molar refractivity (Wildman–Crippen MR) is 212 cm³/mol. The molecule has 13 atom stereocenters. The highest BCUT2D eigenvalue weighted by atomic mass is 16.7. The molecule has 11 rings (SSSR count). The number of allylic oxidation sites excluding steroid dienone is 2. The second kappa shape index (κ2) is 13.2. The maximum absolute atomic E-state index is 12.7. The number of rotatable bonds is 4. The number of phenolic OH excluding ortho intramolecular Hbond substituents is 2. The summed E-state index contributed by atoms with van der Waals surface area (Å²) < 4.78 is 26.6. The van der Waals surface area contributed by atoms with Crippen LogP contribution in [-0.4, -0.2) is 98.0 Å².